The van der Waals surface area contributed by atoms with Crippen molar-refractivity contribution in [2.24, 2.45) is 0 Å². The van der Waals surface area contributed by atoms with Crippen molar-refractivity contribution in [3.8, 4) is 28.6 Å². The van der Waals surface area contributed by atoms with Crippen molar-refractivity contribution in [2.45, 2.75) is 0 Å². The van der Waals surface area contributed by atoms with E-state index in [9.17, 15) is 10.4 Å². The van der Waals surface area contributed by atoms with Crippen LogP contribution in [0.1, 0.15) is 0 Å². The van der Waals surface area contributed by atoms with Gasteiger partial charge in [0.05, 0.1) is 21.3 Å². The van der Waals surface area contributed by atoms with Crippen molar-refractivity contribution >= 4 is 11.0 Å². The molecule has 0 N–H and O–H groups in total. The van der Waals surface area contributed by atoms with Crippen LogP contribution in [0, 0.1) is 5.21 Å². The molecule has 23 heavy (non-hydrogen) atoms. The Balaban J connectivity index is 2.35. The monoisotopic (exact) mass is 315 g/mol. The van der Waals surface area contributed by atoms with Gasteiger partial charge in [-0.1, -0.05) is 17.3 Å². The molecule has 0 spiro atoms. The molecule has 0 aliphatic heterocycles. The minimum atomic E-state index is -0.0796. The molecule has 0 aliphatic rings. The van der Waals surface area contributed by atoms with Crippen LogP contribution >= 0.6 is 0 Å². The van der Waals surface area contributed by atoms with E-state index in [1.165, 1.54) is 21.3 Å². The zero-order chi connectivity index (χ0) is 16.6. The highest BCUT2D eigenvalue weighted by Gasteiger charge is 2.30. The molecule has 2 aromatic carbocycles. The van der Waals surface area contributed by atoms with Gasteiger partial charge in [-0.05, 0) is 24.3 Å². The van der Waals surface area contributed by atoms with Crippen LogP contribution in [0.15, 0.2) is 36.4 Å². The SMILES string of the molecule is COc1ccc(-c2n([O])c3ccccc3[n+]2[O-])c(OC)c1OC. The molecule has 7 nitrogen and oxygen atoms in total. The second-order valence-corrected chi connectivity index (χ2v) is 4.78. The molecule has 119 valence electrons. The number of hydrogen-bond donors (Lipinski definition) is 0. The largest absolute Gasteiger partial charge is 0.710 e. The van der Waals surface area contributed by atoms with Crippen LogP contribution in [0.3, 0.4) is 0 Å². The maximum Gasteiger partial charge on any atom is 0.341 e. The Kier molecular flexibility index (Phi) is 3.61. The summed E-state index contributed by atoms with van der Waals surface area (Å²) in [5.41, 5.74) is 0.898. The van der Waals surface area contributed by atoms with Crippen LogP contribution in [-0.4, -0.2) is 26.1 Å². The molecule has 0 saturated carbocycles. The van der Waals surface area contributed by atoms with Gasteiger partial charge in [-0.2, -0.15) is 0 Å². The highest BCUT2D eigenvalue weighted by molar-refractivity contribution is 5.79. The van der Waals surface area contributed by atoms with Crippen molar-refractivity contribution in [3.63, 3.8) is 0 Å². The molecular formula is C16H15N2O5. The molecule has 0 fully saturated rings. The highest BCUT2D eigenvalue weighted by Crippen LogP contribution is 2.43. The molecule has 0 aliphatic carbocycles. The van der Waals surface area contributed by atoms with Gasteiger partial charge in [-0.25, -0.2) is 4.73 Å². The van der Waals surface area contributed by atoms with E-state index in [0.29, 0.717) is 26.5 Å². The lowest BCUT2D eigenvalue weighted by atomic mass is 10.1. The molecule has 7 heteroatoms. The third kappa shape index (κ3) is 2.09. The molecule has 1 radical (unpaired) electrons. The summed E-state index contributed by atoms with van der Waals surface area (Å²) >= 11 is 0. The van der Waals surface area contributed by atoms with Gasteiger partial charge in [0.15, 0.2) is 17.0 Å². The van der Waals surface area contributed by atoms with E-state index >= 15 is 0 Å². The van der Waals surface area contributed by atoms with Crippen LogP contribution < -0.4 is 18.9 Å². The van der Waals surface area contributed by atoms with E-state index in [1.807, 2.05) is 0 Å². The van der Waals surface area contributed by atoms with Crippen molar-refractivity contribution < 1.29 is 24.1 Å². The summed E-state index contributed by atoms with van der Waals surface area (Å²) in [7, 11) is 4.39. The Hall–Kier alpha value is -3.09. The van der Waals surface area contributed by atoms with Crippen LogP contribution in [0.25, 0.3) is 22.4 Å². The number of methoxy groups -OCH3 is 3. The molecule has 0 atom stereocenters. The van der Waals surface area contributed by atoms with Crippen LogP contribution in [0.5, 0.6) is 17.2 Å². The lowest BCUT2D eigenvalue weighted by Crippen LogP contribution is -2.28. The summed E-state index contributed by atoms with van der Waals surface area (Å²) in [5, 5.41) is 25.1. The van der Waals surface area contributed by atoms with E-state index in [4.69, 9.17) is 14.2 Å². The van der Waals surface area contributed by atoms with Crippen molar-refractivity contribution in [1.82, 2.24) is 4.73 Å². The summed E-state index contributed by atoms with van der Waals surface area (Å²) in [4.78, 5) is 0. The first kappa shape index (κ1) is 14.8. The minimum absolute atomic E-state index is 0.0796. The quantitative estimate of drug-likeness (QED) is 0.546. The van der Waals surface area contributed by atoms with E-state index in [-0.39, 0.29) is 22.6 Å². The van der Waals surface area contributed by atoms with E-state index in [0.717, 1.165) is 0 Å². The summed E-state index contributed by atoms with van der Waals surface area (Å²) in [6.07, 6.45) is 0. The van der Waals surface area contributed by atoms with E-state index in [1.54, 1.807) is 36.4 Å². The molecule has 1 heterocycles. The smallest absolute Gasteiger partial charge is 0.341 e. The molecule has 0 unspecified atom stereocenters. The van der Waals surface area contributed by atoms with Crippen LogP contribution in [-0.2, 0) is 5.21 Å². The highest BCUT2D eigenvalue weighted by atomic mass is 16.5. The van der Waals surface area contributed by atoms with Gasteiger partial charge in [0, 0.05) is 4.73 Å². The molecule has 0 amide bonds. The third-order valence-corrected chi connectivity index (χ3v) is 3.65. The Morgan fingerprint density at radius 1 is 0.957 bits per heavy atom. The number of rotatable bonds is 4. The first-order chi connectivity index (χ1) is 11.1. The van der Waals surface area contributed by atoms with Crippen molar-refractivity contribution in [2.75, 3.05) is 21.3 Å². The zero-order valence-corrected chi connectivity index (χ0v) is 12.9. The van der Waals surface area contributed by atoms with Gasteiger partial charge < -0.3 is 19.4 Å². The molecule has 0 bridgehead atoms. The maximum atomic E-state index is 12.5. The Morgan fingerprint density at radius 3 is 2.26 bits per heavy atom. The van der Waals surface area contributed by atoms with E-state index in [2.05, 4.69) is 0 Å². The number of benzene rings is 2. The van der Waals surface area contributed by atoms with Crippen molar-refractivity contribution in [1.29, 1.82) is 0 Å². The number of aromatic nitrogens is 2. The van der Waals surface area contributed by atoms with Crippen LogP contribution in [0.4, 0.5) is 0 Å². The predicted molar refractivity (Wildman–Crippen MR) is 82.1 cm³/mol. The summed E-state index contributed by atoms with van der Waals surface area (Å²) in [6, 6.07) is 9.80. The Bertz CT molecular complexity index is 834. The molecular weight excluding hydrogens is 300 g/mol. The number of para-hydroxylation sites is 2. The second kappa shape index (κ2) is 5.60. The molecule has 3 rings (SSSR count). The first-order valence-corrected chi connectivity index (χ1v) is 6.83. The summed E-state index contributed by atoms with van der Waals surface area (Å²) < 4.78 is 17.1. The number of fused-ring (bicyclic) bond motifs is 1. The summed E-state index contributed by atoms with van der Waals surface area (Å²) in [5.74, 6) is 0.942. The summed E-state index contributed by atoms with van der Waals surface area (Å²) in [6.45, 7) is 0. The maximum absolute atomic E-state index is 12.5. The standard InChI is InChI=1S/C16H15N2O5/c1-21-13-9-8-10(14(22-2)15(13)23-3)16-17(19)11-6-4-5-7-12(11)18(16)20/h4-9H,1-3H3. The van der Waals surface area contributed by atoms with Gasteiger partial charge in [-0.3, -0.25) is 0 Å². The lowest BCUT2D eigenvalue weighted by molar-refractivity contribution is -0.567. The zero-order valence-electron chi connectivity index (χ0n) is 12.9. The van der Waals surface area contributed by atoms with Gasteiger partial charge in [0.25, 0.3) is 0 Å². The van der Waals surface area contributed by atoms with Gasteiger partial charge in [-0.15, -0.1) is 0 Å². The van der Waals surface area contributed by atoms with Gasteiger partial charge >= 0.3 is 5.82 Å². The first-order valence-electron chi connectivity index (χ1n) is 6.83. The van der Waals surface area contributed by atoms with Gasteiger partial charge in [0.2, 0.25) is 11.3 Å². The van der Waals surface area contributed by atoms with Gasteiger partial charge in [0.1, 0.15) is 5.56 Å². The number of ether oxygens (including phenoxy) is 3. The average molecular weight is 315 g/mol. The number of nitrogens with zero attached hydrogens (tertiary/aromatic N) is 2. The number of imidazole rings is 1. The van der Waals surface area contributed by atoms with Crippen LogP contribution in [0.2, 0.25) is 0 Å². The van der Waals surface area contributed by atoms with Crippen molar-refractivity contribution in [3.05, 3.63) is 41.6 Å². The Morgan fingerprint density at radius 2 is 1.65 bits per heavy atom. The fourth-order valence-corrected chi connectivity index (χ4v) is 2.61. The molecule has 0 saturated heterocycles. The topological polar surface area (TPSA) is 79.5 Å². The lowest BCUT2D eigenvalue weighted by Gasteiger charge is -2.14. The third-order valence-electron chi connectivity index (χ3n) is 3.65. The van der Waals surface area contributed by atoms with E-state index < -0.39 is 0 Å². The Labute approximate surface area is 132 Å². The fourth-order valence-electron chi connectivity index (χ4n) is 2.61. The average Bonchev–Trinajstić information content (AvgIpc) is 2.84. The molecule has 1 aromatic heterocycles. The second-order valence-electron chi connectivity index (χ2n) is 4.78. The minimum Gasteiger partial charge on any atom is -0.710 e. The number of hydrogen-bond acceptors (Lipinski definition) is 4. The molecule has 3 aromatic rings. The fraction of sp³-hybridized carbons (Fsp3) is 0.188. The predicted octanol–water partition coefficient (Wildman–Crippen LogP) is 2.16. The normalized spacial score (nSPS) is 10.7.